The molecule has 0 aromatic rings. The maximum absolute atomic E-state index is 10.9. The molecule has 0 saturated carbocycles. The van der Waals surface area contributed by atoms with Gasteiger partial charge in [0.05, 0.1) is 18.7 Å². The van der Waals surface area contributed by atoms with Crippen molar-refractivity contribution in [3.8, 4) is 0 Å². The fourth-order valence-electron chi connectivity index (χ4n) is 0.573. The van der Waals surface area contributed by atoms with E-state index in [1.807, 2.05) is 0 Å². The van der Waals surface area contributed by atoms with Gasteiger partial charge in [-0.15, -0.1) is 0 Å². The predicted octanol–water partition coefficient (Wildman–Crippen LogP) is -3.24. The zero-order valence-electron chi connectivity index (χ0n) is 6.38. The Balaban J connectivity index is 4.18. The van der Waals surface area contributed by atoms with Crippen LogP contribution >= 0.6 is 0 Å². The van der Waals surface area contributed by atoms with E-state index in [1.54, 1.807) is 0 Å². The van der Waals surface area contributed by atoms with Crippen LogP contribution in [0.5, 0.6) is 0 Å². The Bertz CT molecular complexity index is 173. The van der Waals surface area contributed by atoms with Gasteiger partial charge in [-0.1, -0.05) is 0 Å². The Morgan fingerprint density at radius 2 is 2.00 bits per heavy atom. The molecular formula is C6H12N2O4. The van der Waals surface area contributed by atoms with E-state index >= 15 is 0 Å². The summed E-state index contributed by atoms with van der Waals surface area (Å²) in [4.78, 5) is 20.9. The number of ketones is 1. The molecule has 0 unspecified atom stereocenters. The number of aliphatic hydroxyl groups excluding tert-OH is 2. The average molecular weight is 176 g/mol. The second kappa shape index (κ2) is 4.94. The van der Waals surface area contributed by atoms with Gasteiger partial charge >= 0.3 is 0 Å². The molecule has 0 radical (unpaired) electrons. The summed E-state index contributed by atoms with van der Waals surface area (Å²) in [5, 5.41) is 17.4. The Labute approximate surface area is 69.2 Å². The summed E-state index contributed by atoms with van der Waals surface area (Å²) in [6.07, 6.45) is -1.39. The van der Waals surface area contributed by atoms with Gasteiger partial charge in [0, 0.05) is 0 Å². The average Bonchev–Trinajstić information content (AvgIpc) is 2.12. The molecule has 0 amide bonds. The molecule has 0 aliphatic heterocycles. The van der Waals surface area contributed by atoms with Gasteiger partial charge in [0.25, 0.3) is 0 Å². The lowest BCUT2D eigenvalue weighted by Crippen LogP contribution is -2.49. The van der Waals surface area contributed by atoms with Crippen LogP contribution in [0.15, 0.2) is 0 Å². The SMILES string of the molecule is N[C@H](CO)C(=O)[C@@H](O)[C@H](N)C=O. The number of nitrogens with two attached hydrogens (primary N) is 2. The van der Waals surface area contributed by atoms with Gasteiger partial charge in [0.2, 0.25) is 0 Å². The molecule has 0 aromatic carbocycles. The number of aldehydes is 1. The molecule has 0 fully saturated rings. The first kappa shape index (κ1) is 11.2. The van der Waals surface area contributed by atoms with Crippen molar-refractivity contribution in [2.24, 2.45) is 11.5 Å². The van der Waals surface area contributed by atoms with E-state index in [0.717, 1.165) is 0 Å². The Morgan fingerprint density at radius 1 is 1.50 bits per heavy atom. The van der Waals surface area contributed by atoms with Crippen molar-refractivity contribution in [1.82, 2.24) is 0 Å². The molecule has 6 N–H and O–H groups in total. The molecular weight excluding hydrogens is 164 g/mol. The quantitative estimate of drug-likeness (QED) is 0.326. The van der Waals surface area contributed by atoms with E-state index in [2.05, 4.69) is 0 Å². The van der Waals surface area contributed by atoms with E-state index in [4.69, 9.17) is 21.7 Å². The molecule has 3 atom stereocenters. The van der Waals surface area contributed by atoms with Crippen LogP contribution in [0.1, 0.15) is 0 Å². The molecule has 6 nitrogen and oxygen atoms in total. The highest BCUT2D eigenvalue weighted by Crippen LogP contribution is 1.93. The lowest BCUT2D eigenvalue weighted by atomic mass is 10.0. The first-order chi connectivity index (χ1) is 5.54. The zero-order valence-corrected chi connectivity index (χ0v) is 6.38. The van der Waals surface area contributed by atoms with Crippen LogP contribution in [0.3, 0.4) is 0 Å². The second-order valence-electron chi connectivity index (χ2n) is 2.35. The third-order valence-corrected chi connectivity index (χ3v) is 1.38. The molecule has 70 valence electrons. The topological polar surface area (TPSA) is 127 Å². The number of hydrogen-bond acceptors (Lipinski definition) is 6. The molecule has 0 bridgehead atoms. The number of hydrogen-bond donors (Lipinski definition) is 4. The van der Waals surface area contributed by atoms with Gasteiger partial charge in [-0.05, 0) is 0 Å². The number of carbonyl (C=O) groups is 2. The predicted molar refractivity (Wildman–Crippen MR) is 40.1 cm³/mol. The third kappa shape index (κ3) is 2.67. The highest BCUT2D eigenvalue weighted by Gasteiger charge is 2.26. The standard InChI is InChI=1S/C6H12N2O4/c7-3(1-9)5(11)6(12)4(8)2-10/h1,3-5,10-11H,2,7-8H2/t3-,4-,5+/m1/s1. The fraction of sp³-hybridized carbons (Fsp3) is 0.667. The van der Waals surface area contributed by atoms with Crippen molar-refractivity contribution in [2.45, 2.75) is 18.2 Å². The summed E-state index contributed by atoms with van der Waals surface area (Å²) in [6, 6.07) is -2.47. The van der Waals surface area contributed by atoms with E-state index in [9.17, 15) is 9.59 Å². The van der Waals surface area contributed by atoms with Crippen molar-refractivity contribution in [2.75, 3.05) is 6.61 Å². The van der Waals surface area contributed by atoms with Gasteiger partial charge in [0.1, 0.15) is 12.4 Å². The summed E-state index contributed by atoms with van der Waals surface area (Å²) in [5.41, 5.74) is 10.1. The lowest BCUT2D eigenvalue weighted by Gasteiger charge is -2.15. The Hall–Kier alpha value is -0.820. The van der Waals surface area contributed by atoms with Crippen LogP contribution in [-0.4, -0.2) is 47.1 Å². The van der Waals surface area contributed by atoms with Crippen molar-refractivity contribution < 1.29 is 19.8 Å². The maximum atomic E-state index is 10.9. The van der Waals surface area contributed by atoms with Crippen LogP contribution in [0.4, 0.5) is 0 Å². The molecule has 0 rings (SSSR count). The first-order valence-corrected chi connectivity index (χ1v) is 3.33. The smallest absolute Gasteiger partial charge is 0.182 e. The van der Waals surface area contributed by atoms with E-state index in [1.165, 1.54) is 0 Å². The number of aliphatic hydroxyl groups is 2. The molecule has 0 aliphatic carbocycles. The van der Waals surface area contributed by atoms with Crippen LogP contribution in [0.2, 0.25) is 0 Å². The summed E-state index contributed by atoms with van der Waals surface area (Å²) in [6.45, 7) is -0.582. The first-order valence-electron chi connectivity index (χ1n) is 3.33. The van der Waals surface area contributed by atoms with Crippen LogP contribution in [0, 0.1) is 0 Å². The van der Waals surface area contributed by atoms with E-state index in [0.29, 0.717) is 0 Å². The van der Waals surface area contributed by atoms with Crippen LogP contribution in [0.25, 0.3) is 0 Å². The number of carbonyl (C=O) groups excluding carboxylic acids is 2. The summed E-state index contributed by atoms with van der Waals surface area (Å²) < 4.78 is 0. The van der Waals surface area contributed by atoms with Crippen molar-refractivity contribution in [3.05, 3.63) is 0 Å². The van der Waals surface area contributed by atoms with Crippen molar-refractivity contribution >= 4 is 12.1 Å². The number of Topliss-reactive ketones (excluding diaryl/α,β-unsaturated/α-hetero) is 1. The zero-order chi connectivity index (χ0) is 9.72. The minimum atomic E-state index is -1.63. The summed E-state index contributed by atoms with van der Waals surface area (Å²) in [5.74, 6) is -0.836. The Kier molecular flexibility index (Phi) is 4.60. The summed E-state index contributed by atoms with van der Waals surface area (Å²) in [7, 11) is 0. The molecule has 0 spiro atoms. The fourth-order valence-corrected chi connectivity index (χ4v) is 0.573. The minimum Gasteiger partial charge on any atom is -0.394 e. The molecule has 6 heteroatoms. The highest BCUT2D eigenvalue weighted by molar-refractivity contribution is 5.91. The van der Waals surface area contributed by atoms with Gasteiger partial charge in [-0.2, -0.15) is 0 Å². The normalized spacial score (nSPS) is 18.0. The van der Waals surface area contributed by atoms with Gasteiger partial charge < -0.3 is 26.5 Å². The highest BCUT2D eigenvalue weighted by atomic mass is 16.3. The third-order valence-electron chi connectivity index (χ3n) is 1.38. The van der Waals surface area contributed by atoms with Gasteiger partial charge in [-0.3, -0.25) is 4.79 Å². The van der Waals surface area contributed by atoms with E-state index in [-0.39, 0.29) is 6.29 Å². The Morgan fingerprint density at radius 3 is 2.33 bits per heavy atom. The monoisotopic (exact) mass is 176 g/mol. The molecule has 12 heavy (non-hydrogen) atoms. The second-order valence-corrected chi connectivity index (χ2v) is 2.35. The number of rotatable bonds is 5. The lowest BCUT2D eigenvalue weighted by molar-refractivity contribution is -0.132. The molecule has 0 aromatic heterocycles. The molecule has 0 aliphatic rings. The van der Waals surface area contributed by atoms with Crippen molar-refractivity contribution in [3.63, 3.8) is 0 Å². The van der Waals surface area contributed by atoms with E-state index < -0.39 is 30.6 Å². The van der Waals surface area contributed by atoms with Crippen molar-refractivity contribution in [1.29, 1.82) is 0 Å². The summed E-state index contributed by atoms with van der Waals surface area (Å²) >= 11 is 0. The molecule has 0 heterocycles. The van der Waals surface area contributed by atoms with Crippen LogP contribution in [-0.2, 0) is 9.59 Å². The molecule has 0 saturated heterocycles. The van der Waals surface area contributed by atoms with Crippen LogP contribution < -0.4 is 11.5 Å². The minimum absolute atomic E-state index is 0.243. The van der Waals surface area contributed by atoms with Gasteiger partial charge in [-0.25, -0.2) is 0 Å². The largest absolute Gasteiger partial charge is 0.394 e. The maximum Gasteiger partial charge on any atom is 0.182 e. The van der Waals surface area contributed by atoms with Gasteiger partial charge in [0.15, 0.2) is 5.78 Å².